The molecule has 6 nitrogen and oxygen atoms in total. The number of ether oxygens (including phenoxy) is 1. The molecule has 2 saturated heterocycles. The molecular formula is C24H25N3O3. The molecule has 2 aliphatic heterocycles. The Bertz CT molecular complexity index is 1110. The molecule has 3 heterocycles. The van der Waals surface area contributed by atoms with Crippen LogP contribution in [0.3, 0.4) is 0 Å². The van der Waals surface area contributed by atoms with Crippen LogP contribution in [-0.4, -0.2) is 53.3 Å². The molecule has 154 valence electrons. The summed E-state index contributed by atoms with van der Waals surface area (Å²) in [4.78, 5) is 32.7. The third-order valence-corrected chi connectivity index (χ3v) is 6.57. The van der Waals surface area contributed by atoms with Gasteiger partial charge in [0.2, 0.25) is 5.91 Å². The van der Waals surface area contributed by atoms with Gasteiger partial charge in [-0.2, -0.15) is 0 Å². The van der Waals surface area contributed by atoms with Gasteiger partial charge >= 0.3 is 0 Å². The van der Waals surface area contributed by atoms with Crippen molar-refractivity contribution in [2.45, 2.75) is 13.0 Å². The minimum absolute atomic E-state index is 0.00356. The van der Waals surface area contributed by atoms with Crippen molar-refractivity contribution in [3.05, 3.63) is 65.9 Å². The standard InChI is InChI=1S/C24H25N3O3/c1-15(28)27-13-17-12-26(14-19(17)23(27)16-7-4-3-5-8-16)24(29)21-11-18-20(25-21)9-6-10-22(18)30-2/h3-11,17,19,23,25H,12-14H2,1-2H3/t17-,19-,23+/m1/s1. The molecule has 0 unspecified atom stereocenters. The van der Waals surface area contributed by atoms with Crippen molar-refractivity contribution in [3.63, 3.8) is 0 Å². The van der Waals surface area contributed by atoms with Crippen molar-refractivity contribution in [2.24, 2.45) is 11.8 Å². The van der Waals surface area contributed by atoms with Crippen LogP contribution in [-0.2, 0) is 4.79 Å². The van der Waals surface area contributed by atoms with Gasteiger partial charge in [0, 0.05) is 49.3 Å². The second-order valence-electron chi connectivity index (χ2n) is 8.27. The van der Waals surface area contributed by atoms with Crippen molar-refractivity contribution < 1.29 is 14.3 Å². The number of aromatic amines is 1. The minimum atomic E-state index is 0.00356. The largest absolute Gasteiger partial charge is 0.496 e. The fourth-order valence-corrected chi connectivity index (χ4v) is 5.20. The molecule has 3 atom stereocenters. The second-order valence-corrected chi connectivity index (χ2v) is 8.27. The van der Waals surface area contributed by atoms with Crippen LogP contribution >= 0.6 is 0 Å². The molecule has 2 fully saturated rings. The summed E-state index contributed by atoms with van der Waals surface area (Å²) in [5.74, 6) is 1.39. The van der Waals surface area contributed by atoms with E-state index >= 15 is 0 Å². The van der Waals surface area contributed by atoms with Crippen molar-refractivity contribution in [1.82, 2.24) is 14.8 Å². The summed E-state index contributed by atoms with van der Waals surface area (Å²) in [6.45, 7) is 3.66. The highest BCUT2D eigenvalue weighted by Crippen LogP contribution is 2.45. The summed E-state index contributed by atoms with van der Waals surface area (Å²) in [7, 11) is 1.63. The van der Waals surface area contributed by atoms with Crippen LogP contribution in [0.15, 0.2) is 54.6 Å². The lowest BCUT2D eigenvalue weighted by atomic mass is 9.89. The predicted molar refractivity (Wildman–Crippen MR) is 114 cm³/mol. The Labute approximate surface area is 175 Å². The lowest BCUT2D eigenvalue weighted by Crippen LogP contribution is -2.36. The van der Waals surface area contributed by atoms with Gasteiger partial charge in [-0.15, -0.1) is 0 Å². The Morgan fingerprint density at radius 3 is 2.57 bits per heavy atom. The van der Waals surface area contributed by atoms with E-state index in [1.165, 1.54) is 0 Å². The van der Waals surface area contributed by atoms with E-state index in [9.17, 15) is 9.59 Å². The number of rotatable bonds is 3. The number of carbonyl (C=O) groups is 2. The second kappa shape index (κ2) is 7.20. The van der Waals surface area contributed by atoms with E-state index in [0.717, 1.165) is 22.2 Å². The summed E-state index contributed by atoms with van der Waals surface area (Å²) < 4.78 is 5.42. The highest BCUT2D eigenvalue weighted by atomic mass is 16.5. The number of nitrogens with zero attached hydrogens (tertiary/aromatic N) is 2. The zero-order chi connectivity index (χ0) is 20.8. The van der Waals surface area contributed by atoms with Gasteiger partial charge in [0.25, 0.3) is 5.91 Å². The van der Waals surface area contributed by atoms with Gasteiger partial charge < -0.3 is 19.5 Å². The number of hydrogen-bond acceptors (Lipinski definition) is 3. The monoisotopic (exact) mass is 403 g/mol. The first-order valence-electron chi connectivity index (χ1n) is 10.3. The molecule has 2 aromatic carbocycles. The lowest BCUT2D eigenvalue weighted by molar-refractivity contribution is -0.130. The summed E-state index contributed by atoms with van der Waals surface area (Å²) in [6, 6.07) is 17.8. The molecule has 6 heteroatoms. The molecule has 1 aromatic heterocycles. The first kappa shape index (κ1) is 18.7. The highest BCUT2D eigenvalue weighted by molar-refractivity contribution is 5.99. The Kier molecular flexibility index (Phi) is 4.50. The van der Waals surface area contributed by atoms with Gasteiger partial charge in [-0.1, -0.05) is 36.4 Å². The predicted octanol–water partition coefficient (Wildman–Crippen LogP) is 3.47. The molecule has 2 amide bonds. The van der Waals surface area contributed by atoms with Crippen LogP contribution in [0.1, 0.15) is 29.0 Å². The molecule has 0 saturated carbocycles. The van der Waals surface area contributed by atoms with Crippen LogP contribution in [0.4, 0.5) is 0 Å². The smallest absolute Gasteiger partial charge is 0.270 e. The number of carbonyl (C=O) groups excluding carboxylic acids is 2. The molecular weight excluding hydrogens is 378 g/mol. The van der Waals surface area contributed by atoms with Crippen LogP contribution in [0.5, 0.6) is 5.75 Å². The lowest BCUT2D eigenvalue weighted by Gasteiger charge is -2.29. The number of methoxy groups -OCH3 is 1. The number of fused-ring (bicyclic) bond motifs is 2. The Morgan fingerprint density at radius 2 is 1.83 bits per heavy atom. The molecule has 3 aromatic rings. The van der Waals surface area contributed by atoms with Gasteiger partial charge in [0.1, 0.15) is 11.4 Å². The SMILES string of the molecule is COc1cccc2[nH]c(C(=O)N3C[C@@H]4CN(C(C)=O)[C@@H](c5ccccc5)[C@@H]4C3)cc12. The molecule has 2 aliphatic rings. The summed E-state index contributed by atoms with van der Waals surface area (Å²) in [5, 5.41) is 0.910. The Hall–Kier alpha value is -3.28. The Balaban J connectivity index is 1.41. The van der Waals surface area contributed by atoms with Crippen LogP contribution in [0, 0.1) is 11.8 Å². The van der Waals surface area contributed by atoms with Crippen LogP contribution in [0.2, 0.25) is 0 Å². The van der Waals surface area contributed by atoms with Gasteiger partial charge in [-0.3, -0.25) is 9.59 Å². The molecule has 30 heavy (non-hydrogen) atoms. The van der Waals surface area contributed by atoms with Crippen molar-refractivity contribution in [1.29, 1.82) is 0 Å². The third-order valence-electron chi connectivity index (χ3n) is 6.57. The topological polar surface area (TPSA) is 65.6 Å². The number of H-pyrrole nitrogens is 1. The average Bonchev–Trinajstić information content (AvgIpc) is 3.45. The minimum Gasteiger partial charge on any atom is -0.496 e. The third kappa shape index (κ3) is 2.95. The number of benzene rings is 2. The summed E-state index contributed by atoms with van der Waals surface area (Å²) >= 11 is 0. The fourth-order valence-electron chi connectivity index (χ4n) is 5.20. The molecule has 0 bridgehead atoms. The molecule has 5 rings (SSSR count). The van der Waals surface area contributed by atoms with Crippen molar-refractivity contribution in [3.8, 4) is 5.75 Å². The molecule has 0 radical (unpaired) electrons. The van der Waals surface area contributed by atoms with Gasteiger partial charge in [-0.25, -0.2) is 0 Å². The number of amides is 2. The van der Waals surface area contributed by atoms with E-state index < -0.39 is 0 Å². The maximum atomic E-state index is 13.3. The van der Waals surface area contributed by atoms with Gasteiger partial charge in [-0.05, 0) is 23.8 Å². The van der Waals surface area contributed by atoms with E-state index in [0.29, 0.717) is 31.2 Å². The van der Waals surface area contributed by atoms with Crippen LogP contribution < -0.4 is 4.74 Å². The van der Waals surface area contributed by atoms with E-state index in [-0.39, 0.29) is 23.8 Å². The molecule has 0 spiro atoms. The number of likely N-dealkylation sites (tertiary alicyclic amines) is 2. The zero-order valence-corrected chi connectivity index (χ0v) is 17.2. The highest BCUT2D eigenvalue weighted by Gasteiger charge is 2.49. The molecule has 0 aliphatic carbocycles. The van der Waals surface area contributed by atoms with E-state index in [1.807, 2.05) is 52.3 Å². The first-order chi connectivity index (χ1) is 14.6. The van der Waals surface area contributed by atoms with E-state index in [2.05, 4.69) is 17.1 Å². The molecule has 1 N–H and O–H groups in total. The van der Waals surface area contributed by atoms with E-state index in [1.54, 1.807) is 14.0 Å². The van der Waals surface area contributed by atoms with Gasteiger partial charge in [0.15, 0.2) is 0 Å². The summed E-state index contributed by atoms with van der Waals surface area (Å²) in [6.07, 6.45) is 0. The average molecular weight is 403 g/mol. The van der Waals surface area contributed by atoms with Gasteiger partial charge in [0.05, 0.1) is 13.2 Å². The van der Waals surface area contributed by atoms with E-state index in [4.69, 9.17) is 4.74 Å². The maximum absolute atomic E-state index is 13.3. The number of aromatic nitrogens is 1. The van der Waals surface area contributed by atoms with Crippen molar-refractivity contribution in [2.75, 3.05) is 26.7 Å². The Morgan fingerprint density at radius 1 is 1.03 bits per heavy atom. The zero-order valence-electron chi connectivity index (χ0n) is 17.2. The number of nitrogens with one attached hydrogen (secondary N) is 1. The maximum Gasteiger partial charge on any atom is 0.270 e. The van der Waals surface area contributed by atoms with Crippen LogP contribution in [0.25, 0.3) is 10.9 Å². The fraction of sp³-hybridized carbons (Fsp3) is 0.333. The van der Waals surface area contributed by atoms with Crippen molar-refractivity contribution >= 4 is 22.7 Å². The first-order valence-corrected chi connectivity index (χ1v) is 10.3. The normalized spacial score (nSPS) is 23.1. The number of hydrogen-bond donors (Lipinski definition) is 1. The summed E-state index contributed by atoms with van der Waals surface area (Å²) in [5.41, 5.74) is 2.61. The quantitative estimate of drug-likeness (QED) is 0.728.